The second-order valence-corrected chi connectivity index (χ2v) is 5.59. The zero-order valence-corrected chi connectivity index (χ0v) is 11.9. The minimum Gasteiger partial charge on any atom is -0.316 e. The van der Waals surface area contributed by atoms with Gasteiger partial charge in [0.1, 0.15) is 12.2 Å². The van der Waals surface area contributed by atoms with Gasteiger partial charge < -0.3 is 5.32 Å². The van der Waals surface area contributed by atoms with E-state index in [2.05, 4.69) is 29.4 Å². The minimum atomic E-state index is 0.547. The SMILES string of the molecule is CCC1CCC(C(Cc2ncnn2C)NC)CC1. The lowest BCUT2D eigenvalue weighted by Gasteiger charge is -2.33. The molecule has 1 heterocycles. The number of rotatable bonds is 5. The highest BCUT2D eigenvalue weighted by molar-refractivity contribution is 4.92. The third-order valence-electron chi connectivity index (χ3n) is 4.62. The van der Waals surface area contributed by atoms with Crippen molar-refractivity contribution in [1.82, 2.24) is 20.1 Å². The largest absolute Gasteiger partial charge is 0.316 e. The smallest absolute Gasteiger partial charge is 0.138 e. The first kappa shape index (κ1) is 13.5. The van der Waals surface area contributed by atoms with Gasteiger partial charge in [-0.3, -0.25) is 4.68 Å². The molecule has 18 heavy (non-hydrogen) atoms. The molecule has 1 N–H and O–H groups in total. The molecule has 1 unspecified atom stereocenters. The standard InChI is InChI=1S/C14H26N4/c1-4-11-5-7-12(8-6-11)13(15-2)9-14-16-10-17-18(14)3/h10-13,15H,4-9H2,1-3H3. The fraction of sp³-hybridized carbons (Fsp3) is 0.857. The Morgan fingerprint density at radius 2 is 2.11 bits per heavy atom. The Morgan fingerprint density at radius 3 is 2.61 bits per heavy atom. The maximum Gasteiger partial charge on any atom is 0.138 e. The molecule has 1 aliphatic carbocycles. The molecule has 0 amide bonds. The van der Waals surface area contributed by atoms with Crippen LogP contribution in [0.25, 0.3) is 0 Å². The van der Waals surface area contributed by atoms with Gasteiger partial charge in [0.05, 0.1) is 0 Å². The molecule has 4 nitrogen and oxygen atoms in total. The van der Waals surface area contributed by atoms with Gasteiger partial charge in [-0.25, -0.2) is 4.98 Å². The summed E-state index contributed by atoms with van der Waals surface area (Å²) >= 11 is 0. The van der Waals surface area contributed by atoms with Crippen molar-refractivity contribution in [1.29, 1.82) is 0 Å². The topological polar surface area (TPSA) is 42.7 Å². The summed E-state index contributed by atoms with van der Waals surface area (Å²) in [6.45, 7) is 2.32. The van der Waals surface area contributed by atoms with Crippen molar-refractivity contribution in [3.05, 3.63) is 12.2 Å². The third kappa shape index (κ3) is 3.10. The molecule has 0 radical (unpaired) electrons. The van der Waals surface area contributed by atoms with Crippen molar-refractivity contribution in [2.24, 2.45) is 18.9 Å². The Bertz CT molecular complexity index is 352. The van der Waals surface area contributed by atoms with Crippen LogP contribution in [0.4, 0.5) is 0 Å². The summed E-state index contributed by atoms with van der Waals surface area (Å²) in [5.74, 6) is 2.86. The lowest BCUT2D eigenvalue weighted by molar-refractivity contribution is 0.220. The highest BCUT2D eigenvalue weighted by atomic mass is 15.3. The van der Waals surface area contributed by atoms with Crippen molar-refractivity contribution in [3.63, 3.8) is 0 Å². The van der Waals surface area contributed by atoms with Crippen molar-refractivity contribution in [3.8, 4) is 0 Å². The van der Waals surface area contributed by atoms with Crippen molar-refractivity contribution in [2.45, 2.75) is 51.5 Å². The molecule has 1 aromatic rings. The maximum atomic E-state index is 4.34. The maximum absolute atomic E-state index is 4.34. The molecule has 0 aliphatic heterocycles. The Morgan fingerprint density at radius 1 is 1.39 bits per heavy atom. The van der Waals surface area contributed by atoms with E-state index in [1.165, 1.54) is 32.1 Å². The van der Waals surface area contributed by atoms with E-state index in [0.29, 0.717) is 6.04 Å². The van der Waals surface area contributed by atoms with Gasteiger partial charge in [0, 0.05) is 19.5 Å². The fourth-order valence-electron chi connectivity index (χ4n) is 3.20. The van der Waals surface area contributed by atoms with E-state index in [1.54, 1.807) is 6.33 Å². The first-order chi connectivity index (χ1) is 8.74. The summed E-state index contributed by atoms with van der Waals surface area (Å²) < 4.78 is 1.89. The van der Waals surface area contributed by atoms with Gasteiger partial charge in [0.25, 0.3) is 0 Å². The van der Waals surface area contributed by atoms with E-state index in [9.17, 15) is 0 Å². The fourth-order valence-corrected chi connectivity index (χ4v) is 3.20. The van der Waals surface area contributed by atoms with Crippen LogP contribution in [0.1, 0.15) is 44.9 Å². The van der Waals surface area contributed by atoms with E-state index >= 15 is 0 Å². The van der Waals surface area contributed by atoms with Gasteiger partial charge in [0.15, 0.2) is 0 Å². The third-order valence-corrected chi connectivity index (χ3v) is 4.62. The predicted octanol–water partition coefficient (Wildman–Crippen LogP) is 2.16. The lowest BCUT2D eigenvalue weighted by atomic mass is 9.77. The van der Waals surface area contributed by atoms with E-state index in [0.717, 1.165) is 24.1 Å². The highest BCUT2D eigenvalue weighted by Crippen LogP contribution is 2.33. The predicted molar refractivity (Wildman–Crippen MR) is 73.3 cm³/mol. The van der Waals surface area contributed by atoms with Crippen LogP contribution in [0.15, 0.2) is 6.33 Å². The number of aromatic nitrogens is 3. The monoisotopic (exact) mass is 250 g/mol. The average molecular weight is 250 g/mol. The summed E-state index contributed by atoms with van der Waals surface area (Å²) in [4.78, 5) is 4.34. The molecule has 0 spiro atoms. The van der Waals surface area contributed by atoms with E-state index in [1.807, 2.05) is 11.7 Å². The van der Waals surface area contributed by atoms with E-state index in [4.69, 9.17) is 0 Å². The van der Waals surface area contributed by atoms with Gasteiger partial charge in [0.2, 0.25) is 0 Å². The van der Waals surface area contributed by atoms with Gasteiger partial charge in [-0.1, -0.05) is 26.2 Å². The molecule has 0 aromatic carbocycles. The Kier molecular flexibility index (Phi) is 4.75. The number of nitrogens with one attached hydrogen (secondary N) is 1. The van der Waals surface area contributed by atoms with Crippen LogP contribution in [-0.2, 0) is 13.5 Å². The zero-order chi connectivity index (χ0) is 13.0. The lowest BCUT2D eigenvalue weighted by Crippen LogP contribution is -2.38. The van der Waals surface area contributed by atoms with Crippen LogP contribution < -0.4 is 5.32 Å². The van der Waals surface area contributed by atoms with Crippen LogP contribution in [0.5, 0.6) is 0 Å². The Balaban J connectivity index is 1.91. The molecule has 4 heteroatoms. The van der Waals surface area contributed by atoms with Crippen molar-refractivity contribution in [2.75, 3.05) is 7.05 Å². The number of nitrogens with zero attached hydrogens (tertiary/aromatic N) is 3. The summed E-state index contributed by atoms with van der Waals surface area (Å²) in [6.07, 6.45) is 9.52. The molecule has 1 aliphatic rings. The minimum absolute atomic E-state index is 0.547. The second-order valence-electron chi connectivity index (χ2n) is 5.59. The van der Waals surface area contributed by atoms with Gasteiger partial charge >= 0.3 is 0 Å². The van der Waals surface area contributed by atoms with Crippen LogP contribution in [0, 0.1) is 11.8 Å². The van der Waals surface area contributed by atoms with E-state index < -0.39 is 0 Å². The summed E-state index contributed by atoms with van der Waals surface area (Å²) in [6, 6.07) is 0.547. The van der Waals surface area contributed by atoms with Crippen molar-refractivity contribution < 1.29 is 0 Å². The quantitative estimate of drug-likeness (QED) is 0.871. The number of hydrogen-bond acceptors (Lipinski definition) is 3. The van der Waals surface area contributed by atoms with Crippen LogP contribution >= 0.6 is 0 Å². The molecule has 102 valence electrons. The van der Waals surface area contributed by atoms with Crippen LogP contribution in [-0.4, -0.2) is 27.9 Å². The van der Waals surface area contributed by atoms with E-state index in [-0.39, 0.29) is 0 Å². The zero-order valence-electron chi connectivity index (χ0n) is 11.9. The summed E-state index contributed by atoms with van der Waals surface area (Å²) in [5, 5.41) is 7.64. The Hall–Kier alpha value is -0.900. The Labute approximate surface area is 110 Å². The summed E-state index contributed by atoms with van der Waals surface area (Å²) in [7, 11) is 4.05. The molecular weight excluding hydrogens is 224 g/mol. The molecule has 1 atom stereocenters. The van der Waals surface area contributed by atoms with Gasteiger partial charge in [-0.05, 0) is 31.7 Å². The van der Waals surface area contributed by atoms with Crippen LogP contribution in [0.2, 0.25) is 0 Å². The van der Waals surface area contributed by atoms with Gasteiger partial charge in [-0.15, -0.1) is 0 Å². The highest BCUT2D eigenvalue weighted by Gasteiger charge is 2.27. The molecule has 1 aromatic heterocycles. The number of aryl methyl sites for hydroxylation is 1. The number of hydrogen-bond donors (Lipinski definition) is 1. The molecule has 2 rings (SSSR count). The molecule has 0 saturated heterocycles. The summed E-state index contributed by atoms with van der Waals surface area (Å²) in [5.41, 5.74) is 0. The second kappa shape index (κ2) is 6.32. The number of likely N-dealkylation sites (N-methyl/N-ethyl adjacent to an activating group) is 1. The molecular formula is C14H26N4. The molecule has 0 bridgehead atoms. The average Bonchev–Trinajstić information content (AvgIpc) is 2.81. The van der Waals surface area contributed by atoms with Crippen LogP contribution in [0.3, 0.4) is 0 Å². The first-order valence-corrected chi connectivity index (χ1v) is 7.24. The van der Waals surface area contributed by atoms with Gasteiger partial charge in [-0.2, -0.15) is 5.10 Å². The van der Waals surface area contributed by atoms with Crippen molar-refractivity contribution >= 4 is 0 Å². The first-order valence-electron chi connectivity index (χ1n) is 7.24. The molecule has 1 fully saturated rings. The normalized spacial score (nSPS) is 26.2. The molecule has 1 saturated carbocycles.